The third kappa shape index (κ3) is 6.56. The Balaban J connectivity index is 1.56. The second kappa shape index (κ2) is 10.8. The molecule has 7 heteroatoms. The fraction of sp³-hybridized carbons (Fsp3) is 0.125. The summed E-state index contributed by atoms with van der Waals surface area (Å²) >= 11 is 1.44. The van der Waals surface area contributed by atoms with Crippen molar-refractivity contribution in [3.63, 3.8) is 0 Å². The Kier molecular flexibility index (Phi) is 7.57. The summed E-state index contributed by atoms with van der Waals surface area (Å²) in [7, 11) is 1.33. The normalized spacial score (nSPS) is 9.84. The third-order valence-electron chi connectivity index (χ3n) is 4.20. The van der Waals surface area contributed by atoms with Gasteiger partial charge in [-0.15, -0.1) is 0 Å². The molecule has 0 spiro atoms. The number of methoxy groups -OCH3 is 1. The van der Waals surface area contributed by atoms with Gasteiger partial charge in [-0.05, 0) is 47.8 Å². The second-order valence-electron chi connectivity index (χ2n) is 6.47. The molecule has 1 heterocycles. The highest BCUT2D eigenvalue weighted by Gasteiger charge is 2.07. The Labute approximate surface area is 184 Å². The van der Waals surface area contributed by atoms with Crippen LogP contribution in [0.2, 0.25) is 0 Å². The largest absolute Gasteiger partial charge is 0.465 e. The van der Waals surface area contributed by atoms with Crippen molar-refractivity contribution in [3.05, 3.63) is 87.6 Å². The molecule has 0 atom stereocenters. The van der Waals surface area contributed by atoms with Crippen molar-refractivity contribution in [2.45, 2.75) is 6.42 Å². The molecule has 2 aromatic carbocycles. The summed E-state index contributed by atoms with van der Waals surface area (Å²) in [5.41, 5.74) is 3.03. The molecular formula is C24H20N2O4S. The molecule has 2 N–H and O–H groups in total. The minimum atomic E-state index is -0.417. The predicted molar refractivity (Wildman–Crippen MR) is 120 cm³/mol. The Morgan fingerprint density at radius 2 is 1.71 bits per heavy atom. The first-order valence-electron chi connectivity index (χ1n) is 9.46. The van der Waals surface area contributed by atoms with E-state index in [-0.39, 0.29) is 24.8 Å². The lowest BCUT2D eigenvalue weighted by Crippen LogP contribution is -2.27. The van der Waals surface area contributed by atoms with Gasteiger partial charge in [0.25, 0.3) is 5.91 Å². The number of hydrogen-bond donors (Lipinski definition) is 2. The van der Waals surface area contributed by atoms with Crippen molar-refractivity contribution in [2.24, 2.45) is 0 Å². The van der Waals surface area contributed by atoms with Crippen LogP contribution < -0.4 is 10.6 Å². The number of esters is 1. The summed E-state index contributed by atoms with van der Waals surface area (Å²) in [6.45, 7) is 0.247. The van der Waals surface area contributed by atoms with Crippen LogP contribution in [0.3, 0.4) is 0 Å². The molecule has 0 saturated carbocycles. The van der Waals surface area contributed by atoms with Crippen LogP contribution in [-0.4, -0.2) is 31.4 Å². The quantitative estimate of drug-likeness (QED) is 0.460. The van der Waals surface area contributed by atoms with E-state index < -0.39 is 5.97 Å². The lowest BCUT2D eigenvalue weighted by molar-refractivity contribution is -0.116. The highest BCUT2D eigenvalue weighted by Crippen LogP contribution is 2.11. The van der Waals surface area contributed by atoms with Crippen LogP contribution in [-0.2, 0) is 9.53 Å². The minimum Gasteiger partial charge on any atom is -0.465 e. The van der Waals surface area contributed by atoms with Crippen LogP contribution in [0.5, 0.6) is 0 Å². The standard InChI is InChI=1S/C24H20N2O4S/c1-30-24(29)19-6-2-4-17(14-19)8-9-18-5-3-7-21(15-18)26-22(27)10-12-25-23(28)20-11-13-31-16-20/h2-7,11,13-16H,10,12H2,1H3,(H,25,28)(H,26,27). The average Bonchev–Trinajstić information content (AvgIpc) is 3.33. The summed E-state index contributed by atoms with van der Waals surface area (Å²) in [4.78, 5) is 35.7. The number of carbonyl (C=O) groups is 3. The molecule has 0 fully saturated rings. The highest BCUT2D eigenvalue weighted by atomic mass is 32.1. The number of hydrogen-bond acceptors (Lipinski definition) is 5. The Bertz CT molecular complexity index is 1140. The fourth-order valence-electron chi connectivity index (χ4n) is 2.67. The molecule has 6 nitrogen and oxygen atoms in total. The van der Waals surface area contributed by atoms with Crippen LogP contribution in [0.4, 0.5) is 5.69 Å². The molecule has 0 aliphatic heterocycles. The number of ether oxygens (including phenoxy) is 1. The Morgan fingerprint density at radius 3 is 2.42 bits per heavy atom. The SMILES string of the molecule is COC(=O)c1cccc(C#Cc2cccc(NC(=O)CCNC(=O)c3ccsc3)c2)c1. The molecule has 1 aromatic heterocycles. The van der Waals surface area contributed by atoms with E-state index in [4.69, 9.17) is 4.74 Å². The summed E-state index contributed by atoms with van der Waals surface area (Å²) in [5.74, 6) is 5.21. The molecule has 0 radical (unpaired) electrons. The summed E-state index contributed by atoms with van der Waals surface area (Å²) < 4.78 is 4.72. The van der Waals surface area contributed by atoms with Gasteiger partial charge in [-0.2, -0.15) is 11.3 Å². The lowest BCUT2D eigenvalue weighted by atomic mass is 10.1. The molecule has 31 heavy (non-hydrogen) atoms. The van der Waals surface area contributed by atoms with E-state index >= 15 is 0 Å². The molecule has 0 unspecified atom stereocenters. The van der Waals surface area contributed by atoms with Gasteiger partial charge in [-0.1, -0.05) is 24.0 Å². The van der Waals surface area contributed by atoms with Gasteiger partial charge >= 0.3 is 5.97 Å². The van der Waals surface area contributed by atoms with Crippen LogP contribution in [0.25, 0.3) is 0 Å². The van der Waals surface area contributed by atoms with Crippen molar-refractivity contribution in [3.8, 4) is 11.8 Å². The smallest absolute Gasteiger partial charge is 0.337 e. The van der Waals surface area contributed by atoms with Gasteiger partial charge in [0.2, 0.25) is 5.91 Å². The Hall–Kier alpha value is -3.89. The molecule has 0 aliphatic carbocycles. The van der Waals surface area contributed by atoms with E-state index in [9.17, 15) is 14.4 Å². The van der Waals surface area contributed by atoms with Crippen molar-refractivity contribution < 1.29 is 19.1 Å². The van der Waals surface area contributed by atoms with Gasteiger partial charge in [0.05, 0.1) is 12.7 Å². The van der Waals surface area contributed by atoms with E-state index in [2.05, 4.69) is 22.5 Å². The third-order valence-corrected chi connectivity index (χ3v) is 4.89. The van der Waals surface area contributed by atoms with Crippen LogP contribution in [0.15, 0.2) is 65.4 Å². The maximum atomic E-state index is 12.2. The van der Waals surface area contributed by atoms with Crippen LogP contribution in [0.1, 0.15) is 38.3 Å². The van der Waals surface area contributed by atoms with Gasteiger partial charge in [-0.25, -0.2) is 4.79 Å². The average molecular weight is 433 g/mol. The molecule has 3 aromatic rings. The monoisotopic (exact) mass is 432 g/mol. The fourth-order valence-corrected chi connectivity index (χ4v) is 3.31. The number of rotatable bonds is 6. The van der Waals surface area contributed by atoms with Gasteiger partial charge in [0.15, 0.2) is 0 Å². The van der Waals surface area contributed by atoms with Gasteiger partial charge in [0.1, 0.15) is 0 Å². The minimum absolute atomic E-state index is 0.159. The van der Waals surface area contributed by atoms with Gasteiger partial charge < -0.3 is 15.4 Å². The summed E-state index contributed by atoms with van der Waals surface area (Å²) in [6.07, 6.45) is 0.159. The predicted octanol–water partition coefficient (Wildman–Crippen LogP) is 3.69. The van der Waals surface area contributed by atoms with E-state index in [1.807, 2.05) is 11.4 Å². The highest BCUT2D eigenvalue weighted by molar-refractivity contribution is 7.08. The van der Waals surface area contributed by atoms with E-state index in [0.29, 0.717) is 27.9 Å². The summed E-state index contributed by atoms with van der Waals surface area (Å²) in [5, 5.41) is 9.11. The maximum Gasteiger partial charge on any atom is 0.337 e. The van der Waals surface area contributed by atoms with Gasteiger partial charge in [-0.3, -0.25) is 9.59 Å². The van der Waals surface area contributed by atoms with Crippen LogP contribution in [0, 0.1) is 11.8 Å². The summed E-state index contributed by atoms with van der Waals surface area (Å²) in [6, 6.07) is 15.8. The molecule has 0 bridgehead atoms. The Morgan fingerprint density at radius 1 is 0.968 bits per heavy atom. The van der Waals surface area contributed by atoms with E-state index in [1.54, 1.807) is 53.9 Å². The molecule has 0 aliphatic rings. The zero-order valence-corrected chi connectivity index (χ0v) is 17.6. The van der Waals surface area contributed by atoms with Gasteiger partial charge in [0, 0.05) is 40.7 Å². The molecule has 156 valence electrons. The maximum absolute atomic E-state index is 12.2. The second-order valence-corrected chi connectivity index (χ2v) is 7.25. The van der Waals surface area contributed by atoms with Crippen molar-refractivity contribution >= 4 is 34.8 Å². The molecule has 0 saturated heterocycles. The van der Waals surface area contributed by atoms with E-state index in [0.717, 1.165) is 0 Å². The number of benzene rings is 2. The number of thiophene rings is 1. The lowest BCUT2D eigenvalue weighted by Gasteiger charge is -2.06. The number of nitrogens with one attached hydrogen (secondary N) is 2. The first-order chi connectivity index (χ1) is 15.0. The zero-order valence-electron chi connectivity index (χ0n) is 16.8. The number of amides is 2. The van der Waals surface area contributed by atoms with Crippen molar-refractivity contribution in [1.29, 1.82) is 0 Å². The number of carbonyl (C=O) groups excluding carboxylic acids is 3. The van der Waals surface area contributed by atoms with Crippen molar-refractivity contribution in [2.75, 3.05) is 19.0 Å². The molecule has 2 amide bonds. The topological polar surface area (TPSA) is 84.5 Å². The van der Waals surface area contributed by atoms with Crippen molar-refractivity contribution in [1.82, 2.24) is 5.32 Å². The first kappa shape index (κ1) is 21.8. The molecular weight excluding hydrogens is 412 g/mol. The first-order valence-corrected chi connectivity index (χ1v) is 10.4. The van der Waals surface area contributed by atoms with Crippen LogP contribution >= 0.6 is 11.3 Å². The number of anilines is 1. The van der Waals surface area contributed by atoms with E-state index in [1.165, 1.54) is 18.4 Å². The molecule has 3 rings (SSSR count). The zero-order chi connectivity index (χ0) is 22.1.